The van der Waals surface area contributed by atoms with Gasteiger partial charge in [-0.3, -0.25) is 0 Å². The Kier molecular flexibility index (Phi) is 2.45. The average Bonchev–Trinajstić information content (AvgIpc) is 2.76. The molecule has 2 N–H and O–H groups in total. The first-order chi connectivity index (χ1) is 8.58. The van der Waals surface area contributed by atoms with Crippen molar-refractivity contribution >= 4 is 5.97 Å². The maximum Gasteiger partial charge on any atom is 0.335 e. The second-order valence-electron chi connectivity index (χ2n) is 4.81. The maximum absolute atomic E-state index is 11.0. The molecule has 1 saturated heterocycles. The van der Waals surface area contributed by atoms with Crippen LogP contribution in [-0.4, -0.2) is 29.1 Å². The molecule has 2 heterocycles. The van der Waals surface area contributed by atoms with E-state index in [1.54, 1.807) is 0 Å². The van der Waals surface area contributed by atoms with Gasteiger partial charge in [-0.1, -0.05) is 6.92 Å². The molecule has 0 bridgehead atoms. The molecule has 1 aromatic carbocycles. The summed E-state index contributed by atoms with van der Waals surface area (Å²) in [6.07, 6.45) is 0.571. The largest absolute Gasteiger partial charge is 0.507 e. The van der Waals surface area contributed by atoms with Crippen LogP contribution in [0.5, 0.6) is 11.5 Å². The fraction of sp³-hybridized carbons (Fsp3) is 0.462. The van der Waals surface area contributed by atoms with Crippen LogP contribution in [0.25, 0.3) is 0 Å². The third-order valence-corrected chi connectivity index (χ3v) is 3.79. The van der Waals surface area contributed by atoms with Gasteiger partial charge in [0.25, 0.3) is 0 Å². The Labute approximate surface area is 104 Å². The summed E-state index contributed by atoms with van der Waals surface area (Å²) in [6, 6.07) is 2.73. The Hall–Kier alpha value is -1.75. The molecule has 0 saturated carbocycles. The van der Waals surface area contributed by atoms with Crippen molar-refractivity contribution in [3.05, 3.63) is 23.3 Å². The normalized spacial score (nSPS) is 29.3. The van der Waals surface area contributed by atoms with Crippen molar-refractivity contribution in [1.82, 2.24) is 0 Å². The average molecular weight is 250 g/mol. The van der Waals surface area contributed by atoms with E-state index >= 15 is 0 Å². The first-order valence-electron chi connectivity index (χ1n) is 5.96. The molecule has 2 aliphatic rings. The summed E-state index contributed by atoms with van der Waals surface area (Å²) in [7, 11) is 0. The highest BCUT2D eigenvalue weighted by atomic mass is 16.7. The molecule has 18 heavy (non-hydrogen) atoms. The predicted molar refractivity (Wildman–Crippen MR) is 62.0 cm³/mol. The first-order valence-corrected chi connectivity index (χ1v) is 5.96. The fourth-order valence-electron chi connectivity index (χ4n) is 2.82. The lowest BCUT2D eigenvalue weighted by molar-refractivity contribution is -0.0758. The summed E-state index contributed by atoms with van der Waals surface area (Å²) >= 11 is 0. The van der Waals surface area contributed by atoms with Crippen molar-refractivity contribution in [2.75, 3.05) is 6.61 Å². The quantitative estimate of drug-likeness (QED) is 0.796. The summed E-state index contributed by atoms with van der Waals surface area (Å²) in [5.74, 6) is -0.354. The van der Waals surface area contributed by atoms with E-state index in [-0.39, 0.29) is 29.4 Å². The summed E-state index contributed by atoms with van der Waals surface area (Å²) < 4.78 is 11.1. The highest BCUT2D eigenvalue weighted by molar-refractivity contribution is 5.89. The van der Waals surface area contributed by atoms with Crippen LogP contribution in [0.3, 0.4) is 0 Å². The number of carbonyl (C=O) groups is 1. The number of carboxylic acids is 1. The van der Waals surface area contributed by atoms with E-state index in [9.17, 15) is 9.90 Å². The number of hydrogen-bond acceptors (Lipinski definition) is 4. The number of aromatic hydroxyl groups is 1. The molecule has 0 spiro atoms. The standard InChI is InChI=1S/C13H14O5/c1-6-8-2-3-17-13(8)18-10-5-7(12(15)16)4-9(14)11(6)10/h4-6,8,13-14H,2-3H2,1H3,(H,15,16). The van der Waals surface area contributed by atoms with E-state index in [0.717, 1.165) is 6.42 Å². The van der Waals surface area contributed by atoms with E-state index in [4.69, 9.17) is 14.6 Å². The maximum atomic E-state index is 11.0. The lowest BCUT2D eigenvalue weighted by atomic mass is 9.83. The van der Waals surface area contributed by atoms with Crippen molar-refractivity contribution in [1.29, 1.82) is 0 Å². The molecule has 3 unspecified atom stereocenters. The molecule has 0 aromatic heterocycles. The molecule has 5 heteroatoms. The lowest BCUT2D eigenvalue weighted by Gasteiger charge is -2.33. The number of rotatable bonds is 1. The summed E-state index contributed by atoms with van der Waals surface area (Å²) in [5.41, 5.74) is 0.710. The fourth-order valence-corrected chi connectivity index (χ4v) is 2.82. The number of carboxylic acid groups (broad SMARTS) is 1. The molecule has 1 aromatic rings. The van der Waals surface area contributed by atoms with Gasteiger partial charge in [0.05, 0.1) is 12.2 Å². The van der Waals surface area contributed by atoms with Gasteiger partial charge in [0.2, 0.25) is 6.29 Å². The minimum absolute atomic E-state index is 0.0113. The van der Waals surface area contributed by atoms with Crippen molar-refractivity contribution in [2.45, 2.75) is 25.6 Å². The monoisotopic (exact) mass is 250 g/mol. The molecule has 5 nitrogen and oxygen atoms in total. The first kappa shape index (κ1) is 11.3. The number of fused-ring (bicyclic) bond motifs is 2. The summed E-state index contributed by atoms with van der Waals surface area (Å²) in [5, 5.41) is 19.0. The highest BCUT2D eigenvalue weighted by Crippen LogP contribution is 2.48. The van der Waals surface area contributed by atoms with E-state index in [1.807, 2.05) is 6.92 Å². The molecule has 0 radical (unpaired) electrons. The van der Waals surface area contributed by atoms with Gasteiger partial charge in [0.1, 0.15) is 11.5 Å². The summed E-state index contributed by atoms with van der Waals surface area (Å²) in [6.45, 7) is 2.65. The number of benzene rings is 1. The van der Waals surface area contributed by atoms with Crippen LogP contribution in [-0.2, 0) is 4.74 Å². The number of hydrogen-bond donors (Lipinski definition) is 2. The Balaban J connectivity index is 2.10. The molecule has 0 amide bonds. The zero-order chi connectivity index (χ0) is 12.9. The highest BCUT2D eigenvalue weighted by Gasteiger charge is 2.41. The Bertz CT molecular complexity index is 510. The van der Waals surface area contributed by atoms with Crippen molar-refractivity contribution in [2.24, 2.45) is 5.92 Å². The van der Waals surface area contributed by atoms with Gasteiger partial charge < -0.3 is 19.7 Å². The molecule has 2 aliphatic heterocycles. The van der Waals surface area contributed by atoms with Crippen LogP contribution in [0.1, 0.15) is 35.2 Å². The Morgan fingerprint density at radius 2 is 2.22 bits per heavy atom. The molecular formula is C13H14O5. The lowest BCUT2D eigenvalue weighted by Crippen LogP contribution is -2.32. The van der Waals surface area contributed by atoms with Crippen LogP contribution in [0.2, 0.25) is 0 Å². The van der Waals surface area contributed by atoms with E-state index in [0.29, 0.717) is 17.9 Å². The summed E-state index contributed by atoms with van der Waals surface area (Å²) in [4.78, 5) is 11.0. The second kappa shape index (κ2) is 3.88. The van der Waals surface area contributed by atoms with Crippen LogP contribution in [0.4, 0.5) is 0 Å². The van der Waals surface area contributed by atoms with E-state index in [1.165, 1.54) is 12.1 Å². The van der Waals surface area contributed by atoms with Crippen molar-refractivity contribution in [3.63, 3.8) is 0 Å². The third kappa shape index (κ3) is 1.54. The molecule has 1 fully saturated rings. The van der Waals surface area contributed by atoms with Crippen LogP contribution >= 0.6 is 0 Å². The van der Waals surface area contributed by atoms with Gasteiger partial charge in [0.15, 0.2) is 0 Å². The van der Waals surface area contributed by atoms with Gasteiger partial charge in [-0.25, -0.2) is 4.79 Å². The van der Waals surface area contributed by atoms with Crippen LogP contribution in [0, 0.1) is 5.92 Å². The number of aromatic carboxylic acids is 1. The van der Waals surface area contributed by atoms with Crippen molar-refractivity contribution in [3.8, 4) is 11.5 Å². The van der Waals surface area contributed by atoms with E-state index < -0.39 is 5.97 Å². The zero-order valence-corrected chi connectivity index (χ0v) is 9.92. The van der Waals surface area contributed by atoms with Crippen LogP contribution in [0.15, 0.2) is 12.1 Å². The van der Waals surface area contributed by atoms with Crippen LogP contribution < -0.4 is 4.74 Å². The molecular weight excluding hydrogens is 236 g/mol. The van der Waals surface area contributed by atoms with Gasteiger partial charge in [-0.05, 0) is 24.5 Å². The number of phenolic OH excluding ortho intramolecular Hbond substituents is 1. The van der Waals surface area contributed by atoms with Gasteiger partial charge in [-0.2, -0.15) is 0 Å². The minimum atomic E-state index is -1.08. The Morgan fingerprint density at radius 3 is 2.94 bits per heavy atom. The van der Waals surface area contributed by atoms with Crippen molar-refractivity contribution < 1.29 is 24.5 Å². The minimum Gasteiger partial charge on any atom is -0.507 e. The molecule has 96 valence electrons. The molecule has 0 aliphatic carbocycles. The van der Waals surface area contributed by atoms with Gasteiger partial charge in [-0.15, -0.1) is 0 Å². The second-order valence-corrected chi connectivity index (χ2v) is 4.81. The topological polar surface area (TPSA) is 76.0 Å². The number of phenols is 1. The van der Waals surface area contributed by atoms with E-state index in [2.05, 4.69) is 0 Å². The molecule has 3 atom stereocenters. The van der Waals surface area contributed by atoms with Gasteiger partial charge in [0, 0.05) is 11.5 Å². The van der Waals surface area contributed by atoms with Gasteiger partial charge >= 0.3 is 5.97 Å². The zero-order valence-electron chi connectivity index (χ0n) is 9.92. The predicted octanol–water partition coefficient (Wildman–Crippen LogP) is 1.95. The molecule has 3 rings (SSSR count). The Morgan fingerprint density at radius 1 is 1.44 bits per heavy atom. The smallest absolute Gasteiger partial charge is 0.335 e. The SMILES string of the molecule is CC1c2c(O)cc(C(=O)O)cc2OC2OCCC21. The number of ether oxygens (including phenoxy) is 2. The third-order valence-electron chi connectivity index (χ3n) is 3.79.